The number of carbonyl (C=O) groups excluding carboxylic acids is 4. The van der Waals surface area contributed by atoms with Crippen LogP contribution < -0.4 is 14.8 Å². The molecule has 1 aliphatic rings. The van der Waals surface area contributed by atoms with Gasteiger partial charge in [0.15, 0.2) is 23.9 Å². The van der Waals surface area contributed by atoms with E-state index in [1.165, 1.54) is 19.1 Å². The fourth-order valence-electron chi connectivity index (χ4n) is 3.30. The summed E-state index contributed by atoms with van der Waals surface area (Å²) in [6, 6.07) is 4.61. The molecule has 10 heteroatoms. The lowest BCUT2D eigenvalue weighted by molar-refractivity contribution is -0.147. The van der Waals surface area contributed by atoms with Crippen LogP contribution in [0, 0.1) is 13.8 Å². The maximum atomic E-state index is 12.3. The predicted molar refractivity (Wildman–Crippen MR) is 112 cm³/mol. The van der Waals surface area contributed by atoms with Crippen LogP contribution >= 0.6 is 0 Å². The molecule has 0 saturated carbocycles. The Labute approximate surface area is 184 Å². The van der Waals surface area contributed by atoms with Gasteiger partial charge in [0.25, 0.3) is 5.91 Å². The number of nitrogens with one attached hydrogen (secondary N) is 1. The van der Waals surface area contributed by atoms with Crippen LogP contribution in [0.3, 0.4) is 0 Å². The summed E-state index contributed by atoms with van der Waals surface area (Å²) in [5.74, 6) is -1.20. The molecule has 3 rings (SSSR count). The first-order valence-corrected chi connectivity index (χ1v) is 9.95. The Morgan fingerprint density at radius 3 is 2.38 bits per heavy atom. The number of amides is 1. The van der Waals surface area contributed by atoms with Crippen molar-refractivity contribution in [3.63, 3.8) is 0 Å². The molecule has 0 aliphatic carbocycles. The minimum absolute atomic E-state index is 0.0256. The molecule has 0 saturated heterocycles. The summed E-state index contributed by atoms with van der Waals surface area (Å²) in [7, 11) is 0. The summed E-state index contributed by atoms with van der Waals surface area (Å²) in [6.45, 7) is 6.07. The van der Waals surface area contributed by atoms with Crippen molar-refractivity contribution in [2.75, 3.05) is 25.3 Å². The number of esters is 2. The van der Waals surface area contributed by atoms with Crippen molar-refractivity contribution in [3.05, 3.63) is 40.7 Å². The van der Waals surface area contributed by atoms with Gasteiger partial charge in [0.2, 0.25) is 6.79 Å². The molecular weight excluding hydrogens is 420 g/mol. The molecule has 170 valence electrons. The van der Waals surface area contributed by atoms with Gasteiger partial charge >= 0.3 is 11.9 Å². The van der Waals surface area contributed by atoms with Crippen LogP contribution in [-0.4, -0.2) is 48.2 Å². The Morgan fingerprint density at radius 2 is 1.72 bits per heavy atom. The molecule has 0 radical (unpaired) electrons. The third kappa shape index (κ3) is 4.90. The Morgan fingerprint density at radius 1 is 1.03 bits per heavy atom. The van der Waals surface area contributed by atoms with Crippen molar-refractivity contribution in [2.45, 2.75) is 34.2 Å². The first kappa shape index (κ1) is 22.9. The third-order valence-electron chi connectivity index (χ3n) is 4.89. The fraction of sp³-hybridized carbons (Fsp3) is 0.364. The number of benzene rings is 1. The molecule has 2 heterocycles. The Hall–Kier alpha value is -3.82. The smallest absolute Gasteiger partial charge is 0.339 e. The number of ether oxygens (including phenoxy) is 4. The second-order valence-corrected chi connectivity index (χ2v) is 7.11. The molecule has 0 atom stereocenters. The average Bonchev–Trinajstić information content (AvgIpc) is 3.30. The number of anilines is 1. The Bertz CT molecular complexity index is 1090. The third-order valence-corrected chi connectivity index (χ3v) is 4.89. The molecule has 1 N–H and O–H groups in total. The van der Waals surface area contributed by atoms with Gasteiger partial charge in [-0.2, -0.15) is 0 Å². The first-order chi connectivity index (χ1) is 15.2. The quantitative estimate of drug-likeness (QED) is 0.487. The highest BCUT2D eigenvalue weighted by molar-refractivity contribution is 6.05. The van der Waals surface area contributed by atoms with E-state index in [0.717, 1.165) is 0 Å². The lowest BCUT2D eigenvalue weighted by atomic mass is 10.1. The fourth-order valence-corrected chi connectivity index (χ4v) is 3.30. The van der Waals surface area contributed by atoms with Gasteiger partial charge in [-0.15, -0.1) is 0 Å². The van der Waals surface area contributed by atoms with Gasteiger partial charge in [-0.05, 0) is 39.8 Å². The predicted octanol–water partition coefficient (Wildman–Crippen LogP) is 2.39. The van der Waals surface area contributed by atoms with Crippen molar-refractivity contribution in [2.24, 2.45) is 0 Å². The van der Waals surface area contributed by atoms with Crippen LogP contribution in [0.4, 0.5) is 5.69 Å². The van der Waals surface area contributed by atoms with Crippen LogP contribution in [0.15, 0.2) is 18.2 Å². The maximum absolute atomic E-state index is 12.3. The van der Waals surface area contributed by atoms with Gasteiger partial charge in [0.1, 0.15) is 6.54 Å². The van der Waals surface area contributed by atoms with Crippen LogP contribution in [0.5, 0.6) is 11.5 Å². The van der Waals surface area contributed by atoms with Crippen molar-refractivity contribution >= 4 is 29.3 Å². The molecule has 0 unspecified atom stereocenters. The van der Waals surface area contributed by atoms with Crippen molar-refractivity contribution in [1.29, 1.82) is 0 Å². The molecule has 10 nitrogen and oxygen atoms in total. The van der Waals surface area contributed by atoms with E-state index in [1.807, 2.05) is 0 Å². The summed E-state index contributed by atoms with van der Waals surface area (Å²) < 4.78 is 22.2. The second-order valence-electron chi connectivity index (χ2n) is 7.11. The first-order valence-electron chi connectivity index (χ1n) is 9.95. The number of hydrogen-bond donors (Lipinski definition) is 1. The summed E-state index contributed by atoms with van der Waals surface area (Å²) in [6.07, 6.45) is 0. The Balaban J connectivity index is 1.61. The summed E-state index contributed by atoms with van der Waals surface area (Å²) in [4.78, 5) is 48.5. The van der Waals surface area contributed by atoms with Crippen LogP contribution in [0.1, 0.15) is 46.0 Å². The minimum Gasteiger partial charge on any atom is -0.462 e. The number of nitrogens with zero attached hydrogens (tertiary/aromatic N) is 1. The van der Waals surface area contributed by atoms with E-state index in [0.29, 0.717) is 28.5 Å². The van der Waals surface area contributed by atoms with E-state index >= 15 is 0 Å². The molecule has 1 aromatic heterocycles. The topological polar surface area (TPSA) is 122 Å². The summed E-state index contributed by atoms with van der Waals surface area (Å²) >= 11 is 0. The van der Waals surface area contributed by atoms with Gasteiger partial charge in [-0.1, -0.05) is 0 Å². The summed E-state index contributed by atoms with van der Waals surface area (Å²) in [5, 5.41) is 2.56. The molecule has 1 aromatic carbocycles. The van der Waals surface area contributed by atoms with Gasteiger partial charge < -0.3 is 28.8 Å². The molecule has 0 spiro atoms. The van der Waals surface area contributed by atoms with E-state index in [2.05, 4.69) is 5.32 Å². The van der Waals surface area contributed by atoms with Crippen LogP contribution in [0.2, 0.25) is 0 Å². The average molecular weight is 444 g/mol. The van der Waals surface area contributed by atoms with E-state index in [-0.39, 0.29) is 37.0 Å². The van der Waals surface area contributed by atoms with E-state index in [1.54, 1.807) is 31.4 Å². The highest BCUT2D eigenvalue weighted by Crippen LogP contribution is 2.37. The second kappa shape index (κ2) is 9.54. The molecule has 0 fully saturated rings. The number of Topliss-reactive ketones (excluding diaryl/α,β-unsaturated/α-hetero) is 1. The van der Waals surface area contributed by atoms with Gasteiger partial charge in [0, 0.05) is 23.0 Å². The number of aromatic nitrogens is 1. The van der Waals surface area contributed by atoms with E-state index < -0.39 is 24.5 Å². The highest BCUT2D eigenvalue weighted by atomic mass is 16.7. The SMILES string of the molecule is CCOC(=O)c1cc(C)n(CC(=O)OCC(=O)Nc2cc3c(cc2C(C)=O)OCO3)c1C. The summed E-state index contributed by atoms with van der Waals surface area (Å²) in [5.41, 5.74) is 2.10. The van der Waals surface area contributed by atoms with Crippen molar-refractivity contribution in [1.82, 2.24) is 4.57 Å². The van der Waals surface area contributed by atoms with Gasteiger partial charge in [-0.25, -0.2) is 4.79 Å². The molecule has 0 bridgehead atoms. The largest absolute Gasteiger partial charge is 0.462 e. The van der Waals surface area contributed by atoms with E-state index in [9.17, 15) is 19.2 Å². The zero-order valence-corrected chi connectivity index (χ0v) is 18.3. The van der Waals surface area contributed by atoms with Gasteiger partial charge in [0.05, 0.1) is 17.9 Å². The molecule has 1 amide bonds. The normalized spacial score (nSPS) is 11.8. The van der Waals surface area contributed by atoms with E-state index in [4.69, 9.17) is 18.9 Å². The number of fused-ring (bicyclic) bond motifs is 1. The zero-order valence-electron chi connectivity index (χ0n) is 18.3. The number of hydrogen-bond acceptors (Lipinski definition) is 8. The molecular formula is C22H24N2O8. The molecule has 32 heavy (non-hydrogen) atoms. The van der Waals surface area contributed by atoms with Crippen molar-refractivity contribution in [3.8, 4) is 11.5 Å². The number of ketones is 1. The lowest BCUT2D eigenvalue weighted by Gasteiger charge is -2.12. The molecule has 2 aromatic rings. The van der Waals surface area contributed by atoms with Crippen LogP contribution in [-0.2, 0) is 25.6 Å². The maximum Gasteiger partial charge on any atom is 0.339 e. The lowest BCUT2D eigenvalue weighted by Crippen LogP contribution is -2.24. The zero-order chi connectivity index (χ0) is 23.4. The number of rotatable bonds is 8. The highest BCUT2D eigenvalue weighted by Gasteiger charge is 2.22. The minimum atomic E-state index is -0.658. The van der Waals surface area contributed by atoms with Crippen molar-refractivity contribution < 1.29 is 38.1 Å². The van der Waals surface area contributed by atoms with Crippen LogP contribution in [0.25, 0.3) is 0 Å². The number of aryl methyl sites for hydroxylation is 1. The molecule has 1 aliphatic heterocycles. The monoisotopic (exact) mass is 444 g/mol. The number of carbonyl (C=O) groups is 4. The standard InChI is InChI=1S/C22H24N2O8/c1-5-29-22(28)15-6-12(2)24(13(15)3)9-21(27)30-10-20(26)23-17-8-19-18(31-11-32-19)7-16(17)14(4)25/h6-8H,5,9-11H2,1-4H3,(H,23,26). The van der Waals surface area contributed by atoms with Gasteiger partial charge in [-0.3, -0.25) is 14.4 Å². The Kier molecular flexibility index (Phi) is 6.82.